The molecule has 2 aromatic carbocycles. The molecule has 0 saturated carbocycles. The molecule has 182 valence electrons. The van der Waals surface area contributed by atoms with Gasteiger partial charge in [-0.1, -0.05) is 18.2 Å². The van der Waals surface area contributed by atoms with Crippen LogP contribution >= 0.6 is 0 Å². The molecule has 1 amide bonds. The number of hydrogen-bond donors (Lipinski definition) is 2. The fourth-order valence-corrected chi connectivity index (χ4v) is 4.70. The van der Waals surface area contributed by atoms with Gasteiger partial charge in [-0.25, -0.2) is 4.79 Å². The summed E-state index contributed by atoms with van der Waals surface area (Å²) in [6, 6.07) is 11.3. The molecule has 3 heterocycles. The van der Waals surface area contributed by atoms with Crippen LogP contribution in [0.25, 0.3) is 22.7 Å². The number of carboxylic acid groups (broad SMARTS) is 1. The second-order valence-corrected chi connectivity index (χ2v) is 8.75. The van der Waals surface area contributed by atoms with Gasteiger partial charge in [-0.2, -0.15) is 0 Å². The number of hydrogen-bond acceptors (Lipinski definition) is 7. The van der Waals surface area contributed by atoms with Gasteiger partial charge in [0.1, 0.15) is 11.3 Å². The fraction of sp³-hybridized carbons (Fsp3) is 0.346. The number of nitrogens with zero attached hydrogens (tertiary/aromatic N) is 4. The molecule has 9 nitrogen and oxygen atoms in total. The van der Waals surface area contributed by atoms with Crippen molar-refractivity contribution in [3.8, 4) is 11.5 Å². The molecule has 1 saturated heterocycles. The zero-order chi connectivity index (χ0) is 24.4. The van der Waals surface area contributed by atoms with Gasteiger partial charge in [0.25, 0.3) is 0 Å². The molecule has 5 rings (SSSR count). The van der Waals surface area contributed by atoms with Crippen molar-refractivity contribution in [2.24, 2.45) is 10.2 Å². The van der Waals surface area contributed by atoms with E-state index in [2.05, 4.69) is 15.1 Å². The molecule has 2 N–H and O–H groups in total. The van der Waals surface area contributed by atoms with E-state index in [-0.39, 0.29) is 5.75 Å². The van der Waals surface area contributed by atoms with Crippen molar-refractivity contribution in [2.45, 2.75) is 19.3 Å². The Kier molecular flexibility index (Phi) is 6.41. The summed E-state index contributed by atoms with van der Waals surface area (Å²) >= 11 is 0. The molecule has 2 aliphatic heterocycles. The molecular formula is C26H28N4O5. The van der Waals surface area contributed by atoms with Gasteiger partial charge in [0, 0.05) is 43.4 Å². The molecule has 0 spiro atoms. The number of furan rings is 1. The van der Waals surface area contributed by atoms with E-state index in [9.17, 15) is 9.90 Å². The SMILES string of the molecule is COc1ccc2c(O)c(C=C3N=Nc4ccccc43)oc2c1CCCCN1CCN(C(=O)O)CC1. The number of aromatic hydroxyl groups is 1. The summed E-state index contributed by atoms with van der Waals surface area (Å²) in [5.74, 6) is 1.15. The quantitative estimate of drug-likeness (QED) is 0.444. The van der Waals surface area contributed by atoms with E-state index in [4.69, 9.17) is 14.3 Å². The lowest BCUT2D eigenvalue weighted by Gasteiger charge is -2.33. The van der Waals surface area contributed by atoms with Crippen LogP contribution in [-0.4, -0.2) is 65.9 Å². The van der Waals surface area contributed by atoms with Crippen LogP contribution in [0.15, 0.2) is 51.0 Å². The van der Waals surface area contributed by atoms with Crippen molar-refractivity contribution in [1.29, 1.82) is 0 Å². The van der Waals surface area contributed by atoms with Crippen molar-refractivity contribution in [3.05, 3.63) is 53.3 Å². The number of amides is 1. The topological polar surface area (TPSA) is 111 Å². The number of ether oxygens (including phenoxy) is 1. The van der Waals surface area contributed by atoms with Crippen LogP contribution in [0.4, 0.5) is 10.5 Å². The Morgan fingerprint density at radius 2 is 1.91 bits per heavy atom. The van der Waals surface area contributed by atoms with Crippen molar-refractivity contribution in [3.63, 3.8) is 0 Å². The van der Waals surface area contributed by atoms with Gasteiger partial charge < -0.3 is 24.3 Å². The van der Waals surface area contributed by atoms with Gasteiger partial charge in [0.2, 0.25) is 0 Å². The molecule has 35 heavy (non-hydrogen) atoms. The standard InChI is InChI=1S/C26H28N4O5/c1-34-22-10-9-19-24(31)23(16-21-17-6-2-3-8-20(17)27-28-21)35-25(19)18(22)7-4-5-11-29-12-14-30(15-13-29)26(32)33/h2-3,6,8-10,16,31H,4-5,7,11-15H2,1H3,(H,32,33). The molecule has 1 aromatic heterocycles. The summed E-state index contributed by atoms with van der Waals surface area (Å²) in [4.78, 5) is 14.8. The Morgan fingerprint density at radius 3 is 2.69 bits per heavy atom. The van der Waals surface area contributed by atoms with E-state index in [0.717, 1.165) is 61.5 Å². The van der Waals surface area contributed by atoms with E-state index in [1.54, 1.807) is 13.2 Å². The predicted molar refractivity (Wildman–Crippen MR) is 132 cm³/mol. The lowest BCUT2D eigenvalue weighted by Crippen LogP contribution is -2.48. The highest BCUT2D eigenvalue weighted by Crippen LogP contribution is 2.42. The third-order valence-electron chi connectivity index (χ3n) is 6.65. The monoisotopic (exact) mass is 476 g/mol. The van der Waals surface area contributed by atoms with E-state index in [0.29, 0.717) is 35.5 Å². The van der Waals surface area contributed by atoms with Crippen molar-refractivity contribution in [2.75, 3.05) is 39.8 Å². The second-order valence-electron chi connectivity index (χ2n) is 8.75. The number of rotatable bonds is 7. The Labute approximate surface area is 202 Å². The highest BCUT2D eigenvalue weighted by molar-refractivity contribution is 5.95. The number of unbranched alkanes of at least 4 members (excludes halogenated alkanes) is 1. The molecule has 1 fully saturated rings. The smallest absolute Gasteiger partial charge is 0.407 e. The van der Waals surface area contributed by atoms with Crippen molar-refractivity contribution < 1.29 is 24.2 Å². The van der Waals surface area contributed by atoms with Gasteiger partial charge in [-0.15, -0.1) is 10.2 Å². The highest BCUT2D eigenvalue weighted by atomic mass is 16.5. The lowest BCUT2D eigenvalue weighted by atomic mass is 10.0. The number of aryl methyl sites for hydroxylation is 1. The van der Waals surface area contributed by atoms with Crippen LogP contribution in [0, 0.1) is 0 Å². The molecular weight excluding hydrogens is 448 g/mol. The maximum Gasteiger partial charge on any atom is 0.407 e. The number of benzene rings is 2. The first-order chi connectivity index (χ1) is 17.0. The average molecular weight is 477 g/mol. The van der Waals surface area contributed by atoms with Crippen molar-refractivity contribution >= 4 is 34.5 Å². The van der Waals surface area contributed by atoms with Crippen LogP contribution in [0.5, 0.6) is 11.5 Å². The van der Waals surface area contributed by atoms with Gasteiger partial charge in [0.15, 0.2) is 11.5 Å². The Hall–Kier alpha value is -3.85. The summed E-state index contributed by atoms with van der Waals surface area (Å²) in [6.07, 6.45) is 3.49. The van der Waals surface area contributed by atoms with Crippen LogP contribution in [0.2, 0.25) is 0 Å². The summed E-state index contributed by atoms with van der Waals surface area (Å²) in [5, 5.41) is 29.0. The number of carbonyl (C=O) groups is 1. The average Bonchev–Trinajstić information content (AvgIpc) is 3.43. The van der Waals surface area contributed by atoms with E-state index < -0.39 is 6.09 Å². The zero-order valence-electron chi connectivity index (χ0n) is 19.6. The fourth-order valence-electron chi connectivity index (χ4n) is 4.70. The molecule has 0 bridgehead atoms. The third-order valence-corrected chi connectivity index (χ3v) is 6.65. The van der Waals surface area contributed by atoms with Crippen LogP contribution in [-0.2, 0) is 6.42 Å². The Morgan fingerprint density at radius 1 is 1.11 bits per heavy atom. The number of azo groups is 1. The van der Waals surface area contributed by atoms with Gasteiger partial charge >= 0.3 is 6.09 Å². The minimum Gasteiger partial charge on any atom is -0.504 e. The first-order valence-electron chi connectivity index (χ1n) is 11.8. The van der Waals surface area contributed by atoms with Gasteiger partial charge in [0.05, 0.1) is 23.9 Å². The number of piperazine rings is 1. The van der Waals surface area contributed by atoms with Gasteiger partial charge in [-0.3, -0.25) is 4.90 Å². The zero-order valence-corrected chi connectivity index (χ0v) is 19.6. The minimum absolute atomic E-state index is 0.0762. The second kappa shape index (κ2) is 9.79. The van der Waals surface area contributed by atoms with E-state index in [1.165, 1.54) is 4.90 Å². The highest BCUT2D eigenvalue weighted by Gasteiger charge is 2.22. The number of methoxy groups -OCH3 is 1. The maximum absolute atomic E-state index is 11.1. The Bertz CT molecular complexity index is 1300. The first-order valence-corrected chi connectivity index (χ1v) is 11.8. The summed E-state index contributed by atoms with van der Waals surface area (Å²) in [7, 11) is 1.63. The first kappa shape index (κ1) is 22.9. The predicted octanol–water partition coefficient (Wildman–Crippen LogP) is 5.36. The molecule has 0 atom stereocenters. The summed E-state index contributed by atoms with van der Waals surface area (Å²) < 4.78 is 11.8. The van der Waals surface area contributed by atoms with Crippen molar-refractivity contribution in [1.82, 2.24) is 9.80 Å². The third kappa shape index (κ3) is 4.59. The largest absolute Gasteiger partial charge is 0.504 e. The molecule has 3 aromatic rings. The number of fused-ring (bicyclic) bond motifs is 2. The molecule has 0 aliphatic carbocycles. The van der Waals surface area contributed by atoms with E-state index in [1.807, 2.05) is 36.4 Å². The van der Waals surface area contributed by atoms with Crippen LogP contribution in [0.3, 0.4) is 0 Å². The Balaban J connectivity index is 1.31. The molecule has 0 unspecified atom stereocenters. The normalized spacial score (nSPS) is 16.8. The van der Waals surface area contributed by atoms with E-state index >= 15 is 0 Å². The molecule has 9 heteroatoms. The van der Waals surface area contributed by atoms with Crippen LogP contribution < -0.4 is 4.74 Å². The lowest BCUT2D eigenvalue weighted by molar-refractivity contribution is 0.105. The van der Waals surface area contributed by atoms with Crippen LogP contribution in [0.1, 0.15) is 29.7 Å². The van der Waals surface area contributed by atoms with Gasteiger partial charge in [-0.05, 0) is 44.0 Å². The maximum atomic E-state index is 11.1. The molecule has 2 aliphatic rings. The summed E-state index contributed by atoms with van der Waals surface area (Å²) in [5.41, 5.74) is 3.88. The minimum atomic E-state index is -0.846. The summed E-state index contributed by atoms with van der Waals surface area (Å²) in [6.45, 7) is 3.54. The molecule has 0 radical (unpaired) electrons.